The summed E-state index contributed by atoms with van der Waals surface area (Å²) in [7, 11) is 4.04. The molecule has 0 spiro atoms. The average Bonchev–Trinajstić information content (AvgIpc) is 2.46. The summed E-state index contributed by atoms with van der Waals surface area (Å²) in [4.78, 5) is 12.6. The minimum Gasteiger partial charge on any atom is -0.354 e. The van der Waals surface area contributed by atoms with Crippen molar-refractivity contribution in [1.82, 2.24) is 14.9 Å². The molecule has 0 aliphatic carbocycles. The maximum Gasteiger partial charge on any atom is 0.224 e. The molecule has 0 radical (unpaired) electrons. The molecule has 6 heteroatoms. The third-order valence-electron chi connectivity index (χ3n) is 3.83. The summed E-state index contributed by atoms with van der Waals surface area (Å²) in [5, 5.41) is 3.10. The van der Waals surface area contributed by atoms with Crippen LogP contribution in [-0.2, 0) is 0 Å². The summed E-state index contributed by atoms with van der Waals surface area (Å²) >= 11 is 0. The van der Waals surface area contributed by atoms with Crippen molar-refractivity contribution in [2.24, 2.45) is 0 Å². The quantitative estimate of drug-likeness (QED) is 0.894. The average molecular weight is 281 g/mol. The van der Waals surface area contributed by atoms with Crippen molar-refractivity contribution >= 4 is 11.8 Å². The summed E-state index contributed by atoms with van der Waals surface area (Å²) in [6, 6.07) is 0.342. The summed E-state index contributed by atoms with van der Waals surface area (Å²) in [6.07, 6.45) is 4.31. The SMILES string of the molecule is CCCNc1ncc(F)c(N(C)C2CCN(C)CC2)n1. The van der Waals surface area contributed by atoms with Gasteiger partial charge in [-0.25, -0.2) is 9.37 Å². The highest BCUT2D eigenvalue weighted by Gasteiger charge is 2.23. The van der Waals surface area contributed by atoms with Gasteiger partial charge in [-0.05, 0) is 39.4 Å². The van der Waals surface area contributed by atoms with E-state index in [9.17, 15) is 4.39 Å². The summed E-state index contributed by atoms with van der Waals surface area (Å²) < 4.78 is 14.0. The maximum absolute atomic E-state index is 14.0. The molecule has 2 rings (SSSR count). The number of hydrogen-bond acceptors (Lipinski definition) is 5. The number of anilines is 2. The van der Waals surface area contributed by atoms with Crippen molar-refractivity contribution in [3.8, 4) is 0 Å². The van der Waals surface area contributed by atoms with E-state index < -0.39 is 0 Å². The molecule has 5 nitrogen and oxygen atoms in total. The molecule has 0 atom stereocenters. The lowest BCUT2D eigenvalue weighted by molar-refractivity contribution is 0.252. The summed E-state index contributed by atoms with van der Waals surface area (Å²) in [6.45, 7) is 4.95. The number of aromatic nitrogens is 2. The zero-order valence-electron chi connectivity index (χ0n) is 12.6. The van der Waals surface area contributed by atoms with Crippen LogP contribution in [0.3, 0.4) is 0 Å². The molecule has 1 N–H and O–H groups in total. The van der Waals surface area contributed by atoms with Gasteiger partial charge in [-0.15, -0.1) is 0 Å². The third-order valence-corrected chi connectivity index (χ3v) is 3.83. The zero-order valence-corrected chi connectivity index (χ0v) is 12.6. The largest absolute Gasteiger partial charge is 0.354 e. The van der Waals surface area contributed by atoms with Crippen LogP contribution in [0.2, 0.25) is 0 Å². The monoisotopic (exact) mass is 281 g/mol. The number of nitrogens with one attached hydrogen (secondary N) is 1. The van der Waals surface area contributed by atoms with Crippen LogP contribution < -0.4 is 10.2 Å². The van der Waals surface area contributed by atoms with Gasteiger partial charge < -0.3 is 15.1 Å². The van der Waals surface area contributed by atoms with E-state index in [4.69, 9.17) is 0 Å². The predicted octanol–water partition coefficient (Wildman–Crippen LogP) is 1.97. The van der Waals surface area contributed by atoms with Gasteiger partial charge in [0.25, 0.3) is 0 Å². The Labute approximate surface area is 120 Å². The van der Waals surface area contributed by atoms with E-state index >= 15 is 0 Å². The molecule has 0 amide bonds. The molecule has 0 saturated carbocycles. The number of likely N-dealkylation sites (tertiary alicyclic amines) is 1. The van der Waals surface area contributed by atoms with E-state index in [2.05, 4.69) is 34.2 Å². The Balaban J connectivity index is 2.09. The van der Waals surface area contributed by atoms with Crippen LogP contribution in [0.15, 0.2) is 6.20 Å². The predicted molar refractivity (Wildman–Crippen MR) is 79.7 cm³/mol. The minimum atomic E-state index is -0.353. The van der Waals surface area contributed by atoms with Gasteiger partial charge in [0.1, 0.15) is 0 Å². The fraction of sp³-hybridized carbons (Fsp3) is 0.714. The van der Waals surface area contributed by atoms with Crippen molar-refractivity contribution < 1.29 is 4.39 Å². The fourth-order valence-electron chi connectivity index (χ4n) is 2.48. The van der Waals surface area contributed by atoms with Crippen LogP contribution in [0.1, 0.15) is 26.2 Å². The highest BCUT2D eigenvalue weighted by atomic mass is 19.1. The van der Waals surface area contributed by atoms with Gasteiger partial charge in [0.2, 0.25) is 5.95 Å². The molecular weight excluding hydrogens is 257 g/mol. The first-order chi connectivity index (χ1) is 9.61. The van der Waals surface area contributed by atoms with Crippen molar-refractivity contribution in [2.75, 3.05) is 43.9 Å². The van der Waals surface area contributed by atoms with Gasteiger partial charge in [0.05, 0.1) is 6.20 Å². The van der Waals surface area contributed by atoms with Gasteiger partial charge in [-0.2, -0.15) is 4.98 Å². The molecule has 2 heterocycles. The van der Waals surface area contributed by atoms with Crippen LogP contribution in [0.25, 0.3) is 0 Å². The number of halogens is 1. The van der Waals surface area contributed by atoms with Gasteiger partial charge in [-0.3, -0.25) is 0 Å². The molecule has 0 bridgehead atoms. The van der Waals surface area contributed by atoms with E-state index in [0.29, 0.717) is 17.8 Å². The van der Waals surface area contributed by atoms with Gasteiger partial charge >= 0.3 is 0 Å². The minimum absolute atomic E-state index is 0.342. The Hall–Kier alpha value is -1.43. The van der Waals surface area contributed by atoms with Gasteiger partial charge in [0, 0.05) is 19.6 Å². The Kier molecular flexibility index (Phi) is 5.11. The lowest BCUT2D eigenvalue weighted by atomic mass is 10.0. The lowest BCUT2D eigenvalue weighted by Gasteiger charge is -2.35. The van der Waals surface area contributed by atoms with Gasteiger partial charge in [0.15, 0.2) is 11.6 Å². The van der Waals surface area contributed by atoms with Crippen molar-refractivity contribution in [3.05, 3.63) is 12.0 Å². The number of nitrogens with zero attached hydrogens (tertiary/aromatic N) is 4. The smallest absolute Gasteiger partial charge is 0.224 e. The maximum atomic E-state index is 14.0. The molecule has 1 aromatic heterocycles. The highest BCUT2D eigenvalue weighted by molar-refractivity contribution is 5.44. The second-order valence-corrected chi connectivity index (χ2v) is 5.44. The Morgan fingerprint density at radius 3 is 2.80 bits per heavy atom. The van der Waals surface area contributed by atoms with E-state index in [-0.39, 0.29) is 5.82 Å². The Bertz CT molecular complexity index is 432. The van der Waals surface area contributed by atoms with E-state index in [0.717, 1.165) is 38.9 Å². The van der Waals surface area contributed by atoms with E-state index in [1.165, 1.54) is 6.20 Å². The molecule has 1 aromatic rings. The van der Waals surface area contributed by atoms with Gasteiger partial charge in [-0.1, -0.05) is 6.92 Å². The van der Waals surface area contributed by atoms with E-state index in [1.54, 1.807) is 0 Å². The van der Waals surface area contributed by atoms with Crippen molar-refractivity contribution in [1.29, 1.82) is 0 Å². The normalized spacial score (nSPS) is 17.2. The van der Waals surface area contributed by atoms with Crippen LogP contribution in [0.5, 0.6) is 0 Å². The molecule has 1 aliphatic rings. The molecule has 0 unspecified atom stereocenters. The molecule has 1 aliphatic heterocycles. The second-order valence-electron chi connectivity index (χ2n) is 5.44. The topological polar surface area (TPSA) is 44.3 Å². The van der Waals surface area contributed by atoms with Crippen molar-refractivity contribution in [2.45, 2.75) is 32.2 Å². The van der Waals surface area contributed by atoms with Crippen molar-refractivity contribution in [3.63, 3.8) is 0 Å². The second kappa shape index (κ2) is 6.83. The Morgan fingerprint density at radius 1 is 1.45 bits per heavy atom. The fourth-order valence-corrected chi connectivity index (χ4v) is 2.48. The number of piperidine rings is 1. The Morgan fingerprint density at radius 2 is 2.15 bits per heavy atom. The standard InChI is InChI=1S/C14H24FN5/c1-4-7-16-14-17-10-12(15)13(18-14)20(3)11-5-8-19(2)9-6-11/h10-11H,4-9H2,1-3H3,(H,16,17,18). The first kappa shape index (κ1) is 15.0. The molecule has 1 saturated heterocycles. The van der Waals surface area contributed by atoms with Crippen LogP contribution in [0, 0.1) is 5.82 Å². The lowest BCUT2D eigenvalue weighted by Crippen LogP contribution is -2.42. The van der Waals surface area contributed by atoms with E-state index in [1.807, 2.05) is 11.9 Å². The first-order valence-corrected chi connectivity index (χ1v) is 7.29. The molecule has 20 heavy (non-hydrogen) atoms. The number of rotatable bonds is 5. The molecule has 0 aromatic carbocycles. The molecular formula is C14H24FN5. The zero-order chi connectivity index (χ0) is 14.5. The number of hydrogen-bond donors (Lipinski definition) is 1. The third kappa shape index (κ3) is 3.56. The highest BCUT2D eigenvalue weighted by Crippen LogP contribution is 2.23. The molecule has 112 valence electrons. The summed E-state index contributed by atoms with van der Waals surface area (Å²) in [5.74, 6) is 0.546. The van der Waals surface area contributed by atoms with Crippen LogP contribution in [-0.4, -0.2) is 54.6 Å². The van der Waals surface area contributed by atoms with Crippen LogP contribution >= 0.6 is 0 Å². The first-order valence-electron chi connectivity index (χ1n) is 7.29. The van der Waals surface area contributed by atoms with Crippen LogP contribution in [0.4, 0.5) is 16.2 Å². The molecule has 1 fully saturated rings. The summed E-state index contributed by atoms with van der Waals surface area (Å²) in [5.41, 5.74) is 0.